The van der Waals surface area contributed by atoms with Crippen molar-refractivity contribution in [3.05, 3.63) is 66.0 Å². The van der Waals surface area contributed by atoms with Crippen molar-refractivity contribution >= 4 is 17.5 Å². The lowest BCUT2D eigenvalue weighted by molar-refractivity contribution is -0.131. The molecular weight excluding hydrogens is 427 g/mol. The third-order valence-electron chi connectivity index (χ3n) is 6.71. The summed E-state index contributed by atoms with van der Waals surface area (Å²) in [5.74, 6) is -1.05. The van der Waals surface area contributed by atoms with E-state index < -0.39 is 29.4 Å². The Morgan fingerprint density at radius 1 is 1.21 bits per heavy atom. The maximum Gasteiger partial charge on any atom is 0.234 e. The number of methoxy groups -OCH3 is 2. The molecule has 3 aliphatic heterocycles. The van der Waals surface area contributed by atoms with Gasteiger partial charge in [-0.15, -0.1) is 0 Å². The lowest BCUT2D eigenvalue weighted by Crippen LogP contribution is -2.44. The van der Waals surface area contributed by atoms with E-state index in [1.807, 2.05) is 30.4 Å². The van der Waals surface area contributed by atoms with E-state index in [1.165, 1.54) is 11.0 Å². The summed E-state index contributed by atoms with van der Waals surface area (Å²) < 4.78 is 31.1. The lowest BCUT2D eigenvalue weighted by Gasteiger charge is -2.23. The highest BCUT2D eigenvalue weighted by atomic mass is 19.1. The smallest absolute Gasteiger partial charge is 0.234 e. The first-order chi connectivity index (χ1) is 16.0. The van der Waals surface area contributed by atoms with Crippen molar-refractivity contribution in [2.75, 3.05) is 32.2 Å². The number of nitrogens with one attached hydrogen (secondary N) is 1. The Balaban J connectivity index is 1.28. The van der Waals surface area contributed by atoms with Crippen LogP contribution in [0.2, 0.25) is 0 Å². The number of fused-ring (bicyclic) bond motifs is 1. The van der Waals surface area contributed by atoms with Gasteiger partial charge in [0.1, 0.15) is 11.4 Å². The summed E-state index contributed by atoms with van der Waals surface area (Å²) in [6.45, 7) is 0.589. The molecule has 2 aromatic carbocycles. The fourth-order valence-electron chi connectivity index (χ4n) is 5.16. The minimum Gasteiger partial charge on any atom is -0.493 e. The van der Waals surface area contributed by atoms with E-state index in [9.17, 15) is 14.0 Å². The van der Waals surface area contributed by atoms with Crippen molar-refractivity contribution in [1.29, 1.82) is 0 Å². The summed E-state index contributed by atoms with van der Waals surface area (Å²) in [5, 5.41) is 2.95. The highest BCUT2D eigenvalue weighted by Gasteiger charge is 2.67. The minimum atomic E-state index is -0.893. The first kappa shape index (κ1) is 21.5. The Morgan fingerprint density at radius 3 is 2.76 bits per heavy atom. The number of hydrogen-bond acceptors (Lipinski definition) is 5. The Labute approximate surface area is 191 Å². The molecule has 4 atom stereocenters. The molecule has 0 radical (unpaired) electrons. The number of carbonyl (C=O) groups is 2. The quantitative estimate of drug-likeness (QED) is 0.654. The Morgan fingerprint density at radius 2 is 2.00 bits per heavy atom. The standard InChI is InChI=1S/C25H25FN2O5/c1-31-18-8-7-15(13-20(18)32-2)10-12-27-23(29)21-19-9-11-25(33-19)14-28(24(30)22(21)25)17-6-4-3-5-16(17)26/h3-9,11,13,19,21-22H,10,12,14H2,1-2H3,(H,27,29)/t19-,21-,22+,25+/m1/s1. The van der Waals surface area contributed by atoms with Crippen LogP contribution in [0, 0.1) is 17.7 Å². The van der Waals surface area contributed by atoms with Gasteiger partial charge < -0.3 is 24.4 Å². The van der Waals surface area contributed by atoms with Crippen molar-refractivity contribution in [3.8, 4) is 11.5 Å². The van der Waals surface area contributed by atoms with Crippen LogP contribution in [-0.2, 0) is 20.7 Å². The van der Waals surface area contributed by atoms with Crippen molar-refractivity contribution in [3.63, 3.8) is 0 Å². The van der Waals surface area contributed by atoms with Crippen LogP contribution < -0.4 is 19.7 Å². The van der Waals surface area contributed by atoms with E-state index in [2.05, 4.69) is 5.32 Å². The molecule has 2 amide bonds. The summed E-state index contributed by atoms with van der Waals surface area (Å²) in [6.07, 6.45) is 3.83. The Hall–Kier alpha value is -3.39. The number of ether oxygens (including phenoxy) is 3. The molecule has 1 N–H and O–H groups in total. The van der Waals surface area contributed by atoms with Gasteiger partial charge in [-0.25, -0.2) is 4.39 Å². The van der Waals surface area contributed by atoms with Crippen LogP contribution in [0.3, 0.4) is 0 Å². The summed E-state index contributed by atoms with van der Waals surface area (Å²) >= 11 is 0. The SMILES string of the molecule is COc1ccc(CCNC(=O)[C@H]2[C@H]3C(=O)N(c4ccccc4F)C[C@@]34C=C[C@H]2O4)cc1OC. The van der Waals surface area contributed by atoms with Crippen molar-refractivity contribution in [2.24, 2.45) is 11.8 Å². The molecule has 3 aliphatic rings. The second-order valence-corrected chi connectivity index (χ2v) is 8.51. The van der Waals surface area contributed by atoms with Gasteiger partial charge in [0, 0.05) is 6.54 Å². The third-order valence-corrected chi connectivity index (χ3v) is 6.71. The fourth-order valence-corrected chi connectivity index (χ4v) is 5.16. The number of halogens is 1. The number of para-hydroxylation sites is 1. The zero-order valence-electron chi connectivity index (χ0n) is 18.4. The number of hydrogen-bond donors (Lipinski definition) is 1. The Kier molecular flexibility index (Phi) is 5.32. The zero-order chi connectivity index (χ0) is 23.2. The largest absolute Gasteiger partial charge is 0.493 e. The first-order valence-electron chi connectivity index (χ1n) is 10.9. The number of carbonyl (C=O) groups excluding carboxylic acids is 2. The van der Waals surface area contributed by atoms with Crippen molar-refractivity contribution in [2.45, 2.75) is 18.1 Å². The molecule has 7 nitrogen and oxygen atoms in total. The van der Waals surface area contributed by atoms with Crippen LogP contribution in [0.25, 0.3) is 0 Å². The molecule has 0 saturated carbocycles. The maximum atomic E-state index is 14.4. The van der Waals surface area contributed by atoms with E-state index in [-0.39, 0.29) is 24.0 Å². The van der Waals surface area contributed by atoms with E-state index in [4.69, 9.17) is 14.2 Å². The normalized spacial score (nSPS) is 27.1. The number of anilines is 1. The van der Waals surface area contributed by atoms with E-state index in [0.29, 0.717) is 24.5 Å². The molecule has 2 fully saturated rings. The predicted octanol–water partition coefficient (Wildman–Crippen LogP) is 2.49. The highest BCUT2D eigenvalue weighted by molar-refractivity contribution is 6.03. The second-order valence-electron chi connectivity index (χ2n) is 8.51. The zero-order valence-corrected chi connectivity index (χ0v) is 18.4. The molecule has 3 heterocycles. The third kappa shape index (κ3) is 3.45. The van der Waals surface area contributed by atoms with Crippen LogP contribution in [0.15, 0.2) is 54.6 Å². The van der Waals surface area contributed by atoms with Gasteiger partial charge in [-0.2, -0.15) is 0 Å². The van der Waals surface area contributed by atoms with Crippen LogP contribution in [0.1, 0.15) is 5.56 Å². The molecule has 172 valence electrons. The molecule has 2 aromatic rings. The number of nitrogens with zero attached hydrogens (tertiary/aromatic N) is 1. The topological polar surface area (TPSA) is 77.1 Å². The van der Waals surface area contributed by atoms with Crippen molar-refractivity contribution < 1.29 is 28.2 Å². The molecule has 2 saturated heterocycles. The Bertz CT molecular complexity index is 1140. The number of rotatable bonds is 7. The number of benzene rings is 2. The number of amides is 2. The predicted molar refractivity (Wildman–Crippen MR) is 119 cm³/mol. The van der Waals surface area contributed by atoms with E-state index in [0.717, 1.165) is 5.56 Å². The van der Waals surface area contributed by atoms with Crippen LogP contribution in [0.4, 0.5) is 10.1 Å². The molecule has 33 heavy (non-hydrogen) atoms. The average molecular weight is 452 g/mol. The van der Waals surface area contributed by atoms with Gasteiger partial charge in [-0.1, -0.05) is 30.4 Å². The highest BCUT2D eigenvalue weighted by Crippen LogP contribution is 2.52. The summed E-state index contributed by atoms with van der Waals surface area (Å²) in [6, 6.07) is 11.8. The minimum absolute atomic E-state index is 0.194. The van der Waals surface area contributed by atoms with Crippen LogP contribution in [-0.4, -0.2) is 50.8 Å². The summed E-state index contributed by atoms with van der Waals surface area (Å²) in [5.41, 5.74) is 0.297. The molecule has 1 spiro atoms. The van der Waals surface area contributed by atoms with Crippen LogP contribution >= 0.6 is 0 Å². The van der Waals surface area contributed by atoms with E-state index >= 15 is 0 Å². The van der Waals surface area contributed by atoms with Gasteiger partial charge in [0.2, 0.25) is 11.8 Å². The molecule has 0 aliphatic carbocycles. The van der Waals surface area contributed by atoms with Gasteiger partial charge in [0.15, 0.2) is 11.5 Å². The van der Waals surface area contributed by atoms with Crippen molar-refractivity contribution in [1.82, 2.24) is 5.32 Å². The summed E-state index contributed by atoms with van der Waals surface area (Å²) in [4.78, 5) is 27.8. The molecule has 2 bridgehead atoms. The maximum absolute atomic E-state index is 14.4. The van der Waals surface area contributed by atoms with Gasteiger partial charge in [-0.05, 0) is 36.2 Å². The monoisotopic (exact) mass is 452 g/mol. The van der Waals surface area contributed by atoms with Gasteiger partial charge >= 0.3 is 0 Å². The molecule has 8 heteroatoms. The molecule has 0 unspecified atom stereocenters. The van der Waals surface area contributed by atoms with E-state index in [1.54, 1.807) is 32.4 Å². The summed E-state index contributed by atoms with van der Waals surface area (Å²) in [7, 11) is 3.15. The molecule has 5 rings (SSSR count). The lowest BCUT2D eigenvalue weighted by atomic mass is 9.77. The van der Waals surface area contributed by atoms with Crippen LogP contribution in [0.5, 0.6) is 11.5 Å². The van der Waals surface area contributed by atoms with Gasteiger partial charge in [0.25, 0.3) is 0 Å². The fraction of sp³-hybridized carbons (Fsp3) is 0.360. The molecule has 0 aromatic heterocycles. The second kappa shape index (κ2) is 8.19. The van der Waals surface area contributed by atoms with Gasteiger partial charge in [-0.3, -0.25) is 9.59 Å². The average Bonchev–Trinajstić information content (AvgIpc) is 3.47. The first-order valence-corrected chi connectivity index (χ1v) is 10.9. The van der Waals surface area contributed by atoms with Gasteiger partial charge in [0.05, 0.1) is 44.4 Å². The molecular formula is C25H25FN2O5.